The summed E-state index contributed by atoms with van der Waals surface area (Å²) in [6, 6.07) is 2.94. The van der Waals surface area contributed by atoms with Crippen molar-refractivity contribution in [2.24, 2.45) is 17.8 Å². The molecule has 0 spiro atoms. The number of amides is 4. The maximum atomic E-state index is 14.0. The average Bonchev–Trinajstić information content (AvgIpc) is 3.95. The molecule has 0 radical (unpaired) electrons. The molecule has 4 aliphatic rings. The van der Waals surface area contributed by atoms with Crippen molar-refractivity contribution in [2.75, 3.05) is 18.9 Å². The van der Waals surface area contributed by atoms with Gasteiger partial charge in [-0.15, -0.1) is 11.3 Å². The number of sulfonamides is 1. The Morgan fingerprint density at radius 3 is 2.59 bits per heavy atom. The zero-order chi connectivity index (χ0) is 36.7. The molecule has 5 atom stereocenters. The first-order valence-corrected chi connectivity index (χ1v) is 19.5. The van der Waals surface area contributed by atoms with Gasteiger partial charge in [0.15, 0.2) is 0 Å². The minimum atomic E-state index is -4.69. The highest BCUT2D eigenvalue weighted by atomic mass is 32.2. The fourth-order valence-electron chi connectivity index (χ4n) is 6.79. The molecule has 2 aromatic rings. The van der Waals surface area contributed by atoms with Crippen LogP contribution in [0.5, 0.6) is 0 Å². The number of fused-ring (bicyclic) bond motifs is 2. The normalized spacial score (nSPS) is 27.7. The molecule has 0 bridgehead atoms. The molecule has 3 fully saturated rings. The van der Waals surface area contributed by atoms with Crippen molar-refractivity contribution in [3.05, 3.63) is 47.0 Å². The van der Waals surface area contributed by atoms with Crippen molar-refractivity contribution in [2.45, 2.75) is 87.8 Å². The highest BCUT2D eigenvalue weighted by Crippen LogP contribution is 2.47. The van der Waals surface area contributed by atoms with E-state index in [1.807, 2.05) is 19.1 Å². The van der Waals surface area contributed by atoms with E-state index in [9.17, 15) is 40.8 Å². The number of aryl methyl sites for hydroxylation is 1. The Bertz CT molecular complexity index is 1840. The third-order valence-electron chi connectivity index (χ3n) is 10.00. The van der Waals surface area contributed by atoms with Crippen LogP contribution in [0.1, 0.15) is 69.5 Å². The second kappa shape index (κ2) is 14.2. The molecule has 12 nitrogen and oxygen atoms in total. The van der Waals surface area contributed by atoms with Crippen molar-refractivity contribution in [3.8, 4) is 10.6 Å². The summed E-state index contributed by atoms with van der Waals surface area (Å²) in [4.78, 5) is 60.3. The molecule has 4 amide bonds. The van der Waals surface area contributed by atoms with Gasteiger partial charge in [-0.1, -0.05) is 19.1 Å². The number of rotatable bonds is 7. The quantitative estimate of drug-likeness (QED) is 0.333. The molecule has 3 N–H and O–H groups in total. The van der Waals surface area contributed by atoms with E-state index in [4.69, 9.17) is 4.74 Å². The number of aromatic nitrogens is 1. The molecule has 5 unspecified atom stereocenters. The number of thiazole rings is 1. The minimum Gasteiger partial charge on any atom is -0.446 e. The number of ether oxygens (including phenoxy) is 1. The molecule has 1 aromatic heterocycles. The van der Waals surface area contributed by atoms with Crippen LogP contribution in [0.3, 0.4) is 0 Å². The highest BCUT2D eigenvalue weighted by molar-refractivity contribution is 7.91. The van der Waals surface area contributed by atoms with Gasteiger partial charge in [0.25, 0.3) is 5.91 Å². The molecule has 1 aliphatic heterocycles. The summed E-state index contributed by atoms with van der Waals surface area (Å²) in [6.07, 6.45) is 0.564. The highest BCUT2D eigenvalue weighted by Gasteiger charge is 2.62. The third-order valence-corrected chi connectivity index (χ3v) is 12.7. The van der Waals surface area contributed by atoms with Crippen LogP contribution in [0.15, 0.2) is 35.7 Å². The van der Waals surface area contributed by atoms with E-state index in [0.717, 1.165) is 24.2 Å². The number of alkyl halides is 3. The van der Waals surface area contributed by atoms with E-state index in [1.54, 1.807) is 12.4 Å². The van der Waals surface area contributed by atoms with Crippen molar-refractivity contribution in [1.29, 1.82) is 0 Å². The number of anilines is 1. The number of allylic oxidation sites excluding steroid dienone is 1. The van der Waals surface area contributed by atoms with Crippen LogP contribution in [0, 0.1) is 17.8 Å². The van der Waals surface area contributed by atoms with Gasteiger partial charge in [0.2, 0.25) is 21.8 Å². The van der Waals surface area contributed by atoms with Gasteiger partial charge in [-0.2, -0.15) is 13.2 Å². The van der Waals surface area contributed by atoms with Crippen LogP contribution in [0.4, 0.5) is 23.7 Å². The standard InChI is InChI=1S/C34H40F3N5O7S2/c1-3-21-18-50-29(38-21)24-12-9-19(34(35,36)37)14-27(24)39-32(46)49-22-15-25-26(16-22)30(44)42(2)13-7-5-4-6-8-20-17-33(20,40-28(25)43)31(45)41-51(47,48)23-10-11-23/h6,8-9,12,14,18,20,22-23,25-26H,3-5,7,10-11,13,15-17H2,1-2H3,(H,39,46)(H,40,43)(H,41,45)/b8-6-. The Hall–Kier alpha value is -3.99. The lowest BCUT2D eigenvalue weighted by Crippen LogP contribution is -2.54. The lowest BCUT2D eigenvalue weighted by Gasteiger charge is -2.26. The fraction of sp³-hybridized carbons (Fsp3) is 0.559. The summed E-state index contributed by atoms with van der Waals surface area (Å²) in [7, 11) is -2.29. The first-order valence-electron chi connectivity index (χ1n) is 17.0. The van der Waals surface area contributed by atoms with Gasteiger partial charge in [-0.05, 0) is 76.0 Å². The van der Waals surface area contributed by atoms with E-state index >= 15 is 0 Å². The molecule has 2 heterocycles. The summed E-state index contributed by atoms with van der Waals surface area (Å²) in [5, 5.41) is 6.72. The zero-order valence-corrected chi connectivity index (χ0v) is 29.8. The summed E-state index contributed by atoms with van der Waals surface area (Å²) in [5.74, 6) is -4.28. The van der Waals surface area contributed by atoms with Crippen molar-refractivity contribution in [3.63, 3.8) is 0 Å². The van der Waals surface area contributed by atoms with Crippen LogP contribution in [-0.2, 0) is 41.7 Å². The van der Waals surface area contributed by atoms with Crippen molar-refractivity contribution < 1.29 is 45.5 Å². The summed E-state index contributed by atoms with van der Waals surface area (Å²) >= 11 is 1.22. The summed E-state index contributed by atoms with van der Waals surface area (Å²) < 4.78 is 74.1. The molecule has 3 saturated carbocycles. The number of nitrogens with zero attached hydrogens (tertiary/aromatic N) is 2. The van der Waals surface area contributed by atoms with E-state index in [-0.39, 0.29) is 36.4 Å². The molecule has 51 heavy (non-hydrogen) atoms. The summed E-state index contributed by atoms with van der Waals surface area (Å²) in [5.41, 5.74) is -1.68. The number of nitrogens with one attached hydrogen (secondary N) is 3. The fourth-order valence-corrected chi connectivity index (χ4v) is 9.09. The topological polar surface area (TPSA) is 164 Å². The second-order valence-corrected chi connectivity index (χ2v) is 16.5. The van der Waals surface area contributed by atoms with Gasteiger partial charge in [0.05, 0.1) is 34.0 Å². The van der Waals surface area contributed by atoms with Gasteiger partial charge in [0.1, 0.15) is 16.7 Å². The Morgan fingerprint density at radius 1 is 1.16 bits per heavy atom. The molecule has 1 aromatic carbocycles. The van der Waals surface area contributed by atoms with Crippen LogP contribution < -0.4 is 15.4 Å². The van der Waals surface area contributed by atoms with Gasteiger partial charge >= 0.3 is 12.3 Å². The number of benzene rings is 1. The zero-order valence-electron chi connectivity index (χ0n) is 28.1. The maximum absolute atomic E-state index is 14.0. The molecular formula is C34H40F3N5O7S2. The second-order valence-electron chi connectivity index (χ2n) is 13.7. The van der Waals surface area contributed by atoms with Gasteiger partial charge in [0, 0.05) is 30.5 Å². The lowest BCUT2D eigenvalue weighted by molar-refractivity contribution is -0.140. The van der Waals surface area contributed by atoms with Crippen molar-refractivity contribution >= 4 is 50.9 Å². The first kappa shape index (κ1) is 36.8. The molecule has 17 heteroatoms. The van der Waals surface area contributed by atoms with Gasteiger partial charge < -0.3 is 15.0 Å². The van der Waals surface area contributed by atoms with Gasteiger partial charge in [-0.25, -0.2) is 18.2 Å². The first-order chi connectivity index (χ1) is 24.1. The molecule has 3 aliphatic carbocycles. The van der Waals surface area contributed by atoms with E-state index < -0.39 is 74.3 Å². The van der Waals surface area contributed by atoms with Crippen molar-refractivity contribution in [1.82, 2.24) is 19.9 Å². The van der Waals surface area contributed by atoms with E-state index in [0.29, 0.717) is 43.7 Å². The molecule has 276 valence electrons. The predicted molar refractivity (Wildman–Crippen MR) is 182 cm³/mol. The Morgan fingerprint density at radius 2 is 1.90 bits per heavy atom. The van der Waals surface area contributed by atoms with Crippen LogP contribution >= 0.6 is 11.3 Å². The average molecular weight is 752 g/mol. The van der Waals surface area contributed by atoms with Crippen LogP contribution in [0.25, 0.3) is 10.6 Å². The Balaban J connectivity index is 1.22. The Kier molecular flexibility index (Phi) is 10.2. The van der Waals surface area contributed by atoms with Crippen LogP contribution in [-0.4, -0.2) is 72.6 Å². The van der Waals surface area contributed by atoms with Gasteiger partial charge in [-0.3, -0.25) is 24.4 Å². The number of halogens is 3. The third kappa shape index (κ3) is 8.08. The monoisotopic (exact) mass is 751 g/mol. The minimum absolute atomic E-state index is 0.0466. The predicted octanol–water partition coefficient (Wildman–Crippen LogP) is 5.02. The SMILES string of the molecule is CCc1csc(-c2ccc(C(F)(F)F)cc2NC(=O)OC2CC3C(=O)NC4(C(=O)NS(=O)(=O)C5CC5)CC4/C=C\CCCCN(C)C(=O)C3C2)n1. The van der Waals surface area contributed by atoms with Crippen LogP contribution in [0.2, 0.25) is 0 Å². The summed E-state index contributed by atoms with van der Waals surface area (Å²) in [6.45, 7) is 2.31. The number of hydrogen-bond acceptors (Lipinski definition) is 9. The number of hydrogen-bond donors (Lipinski definition) is 3. The lowest BCUT2D eigenvalue weighted by atomic mass is 9.93. The Labute approximate surface area is 297 Å². The maximum Gasteiger partial charge on any atom is 0.416 e. The number of carbonyl (C=O) groups is 4. The van der Waals surface area contributed by atoms with E-state index in [2.05, 4.69) is 20.3 Å². The molecule has 0 saturated heterocycles. The molecule has 6 rings (SSSR count). The largest absolute Gasteiger partial charge is 0.446 e. The van der Waals surface area contributed by atoms with E-state index in [1.165, 1.54) is 22.3 Å². The molecular weight excluding hydrogens is 712 g/mol. The number of carbonyl (C=O) groups excluding carboxylic acids is 4. The smallest absolute Gasteiger partial charge is 0.416 e.